The molecule has 0 saturated carbocycles. The first-order valence-corrected chi connectivity index (χ1v) is 5.61. The third kappa shape index (κ3) is 2.44. The van der Waals surface area contributed by atoms with Crippen molar-refractivity contribution in [3.8, 4) is 5.75 Å². The van der Waals surface area contributed by atoms with Crippen LogP contribution in [0.25, 0.3) is 0 Å². The molecule has 1 nitrogen and oxygen atoms in total. The Bertz CT molecular complexity index is 250. The van der Waals surface area contributed by atoms with Gasteiger partial charge in [-0.1, -0.05) is 15.9 Å². The number of halogens is 4. The van der Waals surface area contributed by atoms with Crippen molar-refractivity contribution in [3.05, 3.63) is 25.6 Å². The average molecular weight is 410 g/mol. The summed E-state index contributed by atoms with van der Waals surface area (Å²) in [5.41, 5.74) is 0. The number of rotatable bonds is 1. The Hall–Kier alpha value is 0.940. The SMILES string of the molecule is BrOc1c(Br)cc(Br)cc1Br. The fraction of sp³-hybridized carbons (Fsp3) is 0. The lowest BCUT2D eigenvalue weighted by atomic mass is 10.3. The van der Waals surface area contributed by atoms with Crippen molar-refractivity contribution in [1.82, 2.24) is 0 Å². The van der Waals surface area contributed by atoms with Crippen LogP contribution in [0.1, 0.15) is 0 Å². The molecule has 0 spiro atoms. The number of hydrogen-bond acceptors (Lipinski definition) is 1. The highest BCUT2D eigenvalue weighted by atomic mass is 79.9. The van der Waals surface area contributed by atoms with E-state index in [1.165, 1.54) is 0 Å². The van der Waals surface area contributed by atoms with E-state index >= 15 is 0 Å². The molecule has 0 aliphatic carbocycles. The van der Waals surface area contributed by atoms with E-state index in [9.17, 15) is 0 Å². The van der Waals surface area contributed by atoms with Crippen LogP contribution in [-0.2, 0) is 0 Å². The minimum atomic E-state index is 0.730. The molecule has 1 aromatic rings. The van der Waals surface area contributed by atoms with Gasteiger partial charge in [0.1, 0.15) is 0 Å². The molecule has 0 bridgehead atoms. The zero-order valence-corrected chi connectivity index (χ0v) is 11.4. The Labute approximate surface area is 98.3 Å². The van der Waals surface area contributed by atoms with Crippen LogP contribution in [0.4, 0.5) is 0 Å². The molecule has 0 heterocycles. The number of hydrogen-bond donors (Lipinski definition) is 0. The molecular formula is C6H2Br4O. The van der Waals surface area contributed by atoms with Gasteiger partial charge in [0.25, 0.3) is 0 Å². The zero-order chi connectivity index (χ0) is 8.43. The number of benzene rings is 1. The minimum absolute atomic E-state index is 0.730. The van der Waals surface area contributed by atoms with Gasteiger partial charge in [0.05, 0.1) is 8.95 Å². The third-order valence-electron chi connectivity index (χ3n) is 1.04. The van der Waals surface area contributed by atoms with Gasteiger partial charge >= 0.3 is 0 Å². The van der Waals surface area contributed by atoms with Gasteiger partial charge in [-0.2, -0.15) is 0 Å². The van der Waals surface area contributed by atoms with E-state index in [-0.39, 0.29) is 0 Å². The second-order valence-corrected chi connectivity index (χ2v) is 4.72. The van der Waals surface area contributed by atoms with E-state index < -0.39 is 0 Å². The summed E-state index contributed by atoms with van der Waals surface area (Å²) >= 11 is 12.9. The lowest BCUT2D eigenvalue weighted by Crippen LogP contribution is -1.79. The van der Waals surface area contributed by atoms with E-state index in [4.69, 9.17) is 3.83 Å². The fourth-order valence-corrected chi connectivity index (χ4v) is 3.81. The molecule has 5 heteroatoms. The molecule has 0 amide bonds. The summed E-state index contributed by atoms with van der Waals surface area (Å²) in [4.78, 5) is 0. The highest BCUT2D eigenvalue weighted by Gasteiger charge is 2.06. The van der Waals surface area contributed by atoms with Gasteiger partial charge in [-0.15, -0.1) is 0 Å². The van der Waals surface area contributed by atoms with Crippen LogP contribution in [0, 0.1) is 0 Å². The van der Waals surface area contributed by atoms with E-state index in [0.29, 0.717) is 0 Å². The normalized spacial score (nSPS) is 9.82. The van der Waals surface area contributed by atoms with Crippen molar-refractivity contribution in [2.45, 2.75) is 0 Å². The summed E-state index contributed by atoms with van der Waals surface area (Å²) in [5, 5.41) is 0. The maximum Gasteiger partial charge on any atom is 0.179 e. The summed E-state index contributed by atoms with van der Waals surface area (Å²) in [7, 11) is 0. The monoisotopic (exact) mass is 406 g/mol. The average Bonchev–Trinajstić information content (AvgIpc) is 1.85. The van der Waals surface area contributed by atoms with E-state index in [1.807, 2.05) is 12.1 Å². The molecule has 0 aromatic heterocycles. The van der Waals surface area contributed by atoms with Gasteiger partial charge in [0.2, 0.25) is 0 Å². The van der Waals surface area contributed by atoms with Crippen LogP contribution in [0.5, 0.6) is 5.75 Å². The van der Waals surface area contributed by atoms with Crippen molar-refractivity contribution in [1.29, 1.82) is 0 Å². The highest BCUT2D eigenvalue weighted by molar-refractivity contribution is 9.11. The molecule has 0 N–H and O–H groups in total. The molecule has 1 aromatic carbocycles. The first-order chi connectivity index (χ1) is 5.15. The highest BCUT2D eigenvalue weighted by Crippen LogP contribution is 2.37. The minimum Gasteiger partial charge on any atom is -0.416 e. The molecule has 0 radical (unpaired) electrons. The predicted molar refractivity (Wildman–Crippen MR) is 59.1 cm³/mol. The standard InChI is InChI=1S/C6H2Br4O/c7-3-1-4(8)6(11-10)5(9)2-3/h1-2H. The van der Waals surface area contributed by atoms with Crippen molar-refractivity contribution in [3.63, 3.8) is 0 Å². The van der Waals surface area contributed by atoms with E-state index in [0.717, 1.165) is 19.2 Å². The molecule has 60 valence electrons. The zero-order valence-electron chi connectivity index (χ0n) is 5.07. The molecule has 1 rings (SSSR count). The summed E-state index contributed by atoms with van der Waals surface area (Å²) in [6, 6.07) is 3.81. The van der Waals surface area contributed by atoms with Crippen LogP contribution in [0.3, 0.4) is 0 Å². The molecule has 0 aliphatic rings. The van der Waals surface area contributed by atoms with Gasteiger partial charge in [-0.05, 0) is 44.0 Å². The van der Waals surface area contributed by atoms with Crippen molar-refractivity contribution < 1.29 is 3.83 Å². The molecular weight excluding hydrogens is 408 g/mol. The summed E-state index contributed by atoms with van der Waals surface area (Å²) < 4.78 is 7.69. The second-order valence-electron chi connectivity index (χ2n) is 1.78. The Morgan fingerprint density at radius 3 is 1.82 bits per heavy atom. The van der Waals surface area contributed by atoms with Gasteiger partial charge in [-0.25, -0.2) is 0 Å². The fourth-order valence-electron chi connectivity index (χ4n) is 0.603. The predicted octanol–water partition coefficient (Wildman–Crippen LogP) is 4.66. The van der Waals surface area contributed by atoms with Crippen LogP contribution in [-0.4, -0.2) is 0 Å². The van der Waals surface area contributed by atoms with E-state index in [1.54, 1.807) is 0 Å². The van der Waals surface area contributed by atoms with Crippen LogP contribution >= 0.6 is 64.0 Å². The lowest BCUT2D eigenvalue weighted by molar-refractivity contribution is 0.668. The Kier molecular flexibility index (Phi) is 3.88. The first-order valence-electron chi connectivity index (χ1n) is 2.58. The van der Waals surface area contributed by atoms with Crippen LogP contribution < -0.4 is 3.83 Å². The largest absolute Gasteiger partial charge is 0.416 e. The van der Waals surface area contributed by atoms with Crippen LogP contribution in [0.2, 0.25) is 0 Å². The van der Waals surface area contributed by atoms with Gasteiger partial charge in [0.15, 0.2) is 22.0 Å². The molecule has 0 aliphatic heterocycles. The molecule has 0 fully saturated rings. The summed E-state index contributed by atoms with van der Waals surface area (Å²) in [6.45, 7) is 0. The maximum absolute atomic E-state index is 4.93. The molecule has 0 saturated heterocycles. The first kappa shape index (κ1) is 10.0. The summed E-state index contributed by atoms with van der Waals surface area (Å²) in [6.07, 6.45) is 0. The van der Waals surface area contributed by atoms with Crippen LogP contribution in [0.15, 0.2) is 25.6 Å². The van der Waals surface area contributed by atoms with Gasteiger partial charge in [-0.3, -0.25) is 0 Å². The Morgan fingerprint density at radius 2 is 1.45 bits per heavy atom. The molecule has 11 heavy (non-hydrogen) atoms. The topological polar surface area (TPSA) is 9.23 Å². The van der Waals surface area contributed by atoms with E-state index in [2.05, 4.69) is 64.0 Å². The van der Waals surface area contributed by atoms with Crippen molar-refractivity contribution in [2.75, 3.05) is 0 Å². The van der Waals surface area contributed by atoms with Gasteiger partial charge < -0.3 is 3.83 Å². The summed E-state index contributed by atoms with van der Waals surface area (Å²) in [5.74, 6) is 0.730. The Morgan fingerprint density at radius 1 is 1.00 bits per heavy atom. The van der Waals surface area contributed by atoms with Crippen molar-refractivity contribution in [2.24, 2.45) is 0 Å². The van der Waals surface area contributed by atoms with Gasteiger partial charge in [0, 0.05) is 4.47 Å². The second kappa shape index (κ2) is 4.25. The lowest BCUT2D eigenvalue weighted by Gasteiger charge is -2.03. The Balaban J connectivity index is 3.25. The smallest absolute Gasteiger partial charge is 0.179 e. The third-order valence-corrected chi connectivity index (χ3v) is 3.00. The maximum atomic E-state index is 4.93. The quantitative estimate of drug-likeness (QED) is 0.655. The van der Waals surface area contributed by atoms with Crippen molar-refractivity contribution >= 4 is 64.0 Å². The molecule has 0 unspecified atom stereocenters. The molecule has 0 atom stereocenters.